The monoisotopic (exact) mass is 642 g/mol. The highest BCUT2D eigenvalue weighted by molar-refractivity contribution is 7.26. The molecule has 0 saturated heterocycles. The molecule has 0 radical (unpaired) electrons. The Morgan fingerprint density at radius 3 is 2.04 bits per heavy atom. The van der Waals surface area contributed by atoms with Crippen molar-refractivity contribution in [2.24, 2.45) is 5.92 Å². The fraction of sp³-hybridized carbons (Fsp3) is 0.0833. The zero-order valence-electron chi connectivity index (χ0n) is 27.1. The molecule has 2 unspecified atom stereocenters. The van der Waals surface area contributed by atoms with Gasteiger partial charge in [-0.15, -0.1) is 11.3 Å². The predicted molar refractivity (Wildman–Crippen MR) is 210 cm³/mol. The molecule has 0 amide bonds. The van der Waals surface area contributed by atoms with Crippen LogP contribution in [0.3, 0.4) is 0 Å². The Morgan fingerprint density at radius 2 is 1.14 bits per heavy atom. The average molecular weight is 643 g/mol. The summed E-state index contributed by atoms with van der Waals surface area (Å²) in [6.45, 7) is 0. The summed E-state index contributed by atoms with van der Waals surface area (Å²) in [5.74, 6) is 0.587. The average Bonchev–Trinajstić information content (AvgIpc) is 3.56. The minimum absolute atomic E-state index is 0.256. The summed E-state index contributed by atoms with van der Waals surface area (Å²) >= 11 is 1.90. The second-order valence-electron chi connectivity index (χ2n) is 13.4. The summed E-state index contributed by atoms with van der Waals surface area (Å²) in [6.07, 6.45) is 7.12. The Morgan fingerprint density at radius 1 is 0.469 bits per heavy atom. The van der Waals surface area contributed by atoms with E-state index in [0.717, 1.165) is 12.8 Å². The van der Waals surface area contributed by atoms with E-state index in [4.69, 9.17) is 0 Å². The smallest absolute Gasteiger partial charge is 0.0433 e. The maximum atomic E-state index is 2.50. The quantitative estimate of drug-likeness (QED) is 0.168. The van der Waals surface area contributed by atoms with Crippen LogP contribution in [0.15, 0.2) is 175 Å². The fourth-order valence-electron chi connectivity index (χ4n) is 8.71. The molecule has 0 bridgehead atoms. The van der Waals surface area contributed by atoms with Crippen LogP contribution in [-0.2, 0) is 0 Å². The highest BCUT2D eigenvalue weighted by Gasteiger charge is 2.37. The largest absolute Gasteiger partial charge is 0.135 e. The van der Waals surface area contributed by atoms with E-state index < -0.39 is 0 Å². The SMILES string of the molecule is C1=CC2C(=C(c3ccccc3)c3ccccc3C2c2ccc(-c3cccc(-c4cccc5c4sc4ccccc45)c3)c3ccccc23)CC1. The molecule has 7 aromatic carbocycles. The Bertz CT molecular complexity index is 2610. The van der Waals surface area contributed by atoms with Crippen molar-refractivity contribution < 1.29 is 0 Å². The summed E-state index contributed by atoms with van der Waals surface area (Å²) in [6, 6.07) is 58.8. The van der Waals surface area contributed by atoms with Crippen LogP contribution in [0.2, 0.25) is 0 Å². The molecule has 0 N–H and O–H groups in total. The van der Waals surface area contributed by atoms with Gasteiger partial charge in [0.05, 0.1) is 0 Å². The molecule has 2 aliphatic carbocycles. The lowest BCUT2D eigenvalue weighted by molar-refractivity contribution is 0.599. The van der Waals surface area contributed by atoms with Gasteiger partial charge in [-0.3, -0.25) is 0 Å². The van der Waals surface area contributed by atoms with Gasteiger partial charge in [-0.2, -0.15) is 0 Å². The van der Waals surface area contributed by atoms with E-state index in [9.17, 15) is 0 Å². The van der Waals surface area contributed by atoms with Crippen molar-refractivity contribution in [3.8, 4) is 22.3 Å². The first-order valence-electron chi connectivity index (χ1n) is 17.4. The Labute approximate surface area is 291 Å². The number of rotatable bonds is 4. The molecule has 10 rings (SSSR count). The van der Waals surface area contributed by atoms with Crippen LogP contribution in [0.25, 0.3) is 58.8 Å². The van der Waals surface area contributed by atoms with E-state index in [1.54, 1.807) is 5.57 Å². The summed E-state index contributed by atoms with van der Waals surface area (Å²) in [4.78, 5) is 0. The van der Waals surface area contributed by atoms with Crippen molar-refractivity contribution in [2.75, 3.05) is 0 Å². The van der Waals surface area contributed by atoms with Gasteiger partial charge in [-0.1, -0.05) is 163 Å². The third kappa shape index (κ3) is 4.57. The molecule has 2 aliphatic rings. The molecule has 1 heterocycles. The number of hydrogen-bond donors (Lipinski definition) is 0. The van der Waals surface area contributed by atoms with Gasteiger partial charge < -0.3 is 0 Å². The topological polar surface area (TPSA) is 0 Å². The summed E-state index contributed by atoms with van der Waals surface area (Å²) < 4.78 is 2.70. The van der Waals surface area contributed by atoms with Crippen molar-refractivity contribution in [3.63, 3.8) is 0 Å². The molecule has 232 valence electrons. The van der Waals surface area contributed by atoms with Crippen molar-refractivity contribution in [1.82, 2.24) is 0 Å². The highest BCUT2D eigenvalue weighted by atomic mass is 32.1. The third-order valence-electron chi connectivity index (χ3n) is 10.8. The van der Waals surface area contributed by atoms with Crippen LogP contribution in [0.4, 0.5) is 0 Å². The lowest BCUT2D eigenvalue weighted by Gasteiger charge is -2.39. The van der Waals surface area contributed by atoms with E-state index in [1.807, 2.05) is 11.3 Å². The number of fused-ring (bicyclic) bond motifs is 6. The third-order valence-corrected chi connectivity index (χ3v) is 12.0. The van der Waals surface area contributed by atoms with E-state index >= 15 is 0 Å². The van der Waals surface area contributed by atoms with E-state index in [-0.39, 0.29) is 5.92 Å². The van der Waals surface area contributed by atoms with Gasteiger partial charge in [0.1, 0.15) is 0 Å². The van der Waals surface area contributed by atoms with Crippen molar-refractivity contribution in [3.05, 3.63) is 198 Å². The second kappa shape index (κ2) is 11.6. The second-order valence-corrected chi connectivity index (χ2v) is 14.5. The minimum Gasteiger partial charge on any atom is -0.135 e. The molecule has 0 spiro atoms. The van der Waals surface area contributed by atoms with Gasteiger partial charge >= 0.3 is 0 Å². The maximum Gasteiger partial charge on any atom is 0.0433 e. The fourth-order valence-corrected chi connectivity index (χ4v) is 9.95. The van der Waals surface area contributed by atoms with Gasteiger partial charge in [0, 0.05) is 32.0 Å². The van der Waals surface area contributed by atoms with Crippen LogP contribution in [0, 0.1) is 5.92 Å². The Balaban J connectivity index is 1.13. The first kappa shape index (κ1) is 28.5. The van der Waals surface area contributed by atoms with Gasteiger partial charge in [0.15, 0.2) is 0 Å². The molecule has 1 aromatic heterocycles. The highest BCUT2D eigenvalue weighted by Crippen LogP contribution is 2.53. The van der Waals surface area contributed by atoms with Crippen LogP contribution in [0.1, 0.15) is 41.0 Å². The zero-order valence-corrected chi connectivity index (χ0v) is 28.0. The van der Waals surface area contributed by atoms with E-state index in [1.165, 1.54) is 81.0 Å². The molecule has 1 heteroatoms. The van der Waals surface area contributed by atoms with Gasteiger partial charge in [0.2, 0.25) is 0 Å². The van der Waals surface area contributed by atoms with E-state index in [0.29, 0.717) is 5.92 Å². The molecule has 8 aromatic rings. The molecular weight excluding hydrogens is 609 g/mol. The van der Waals surface area contributed by atoms with Gasteiger partial charge in [-0.25, -0.2) is 0 Å². The van der Waals surface area contributed by atoms with Gasteiger partial charge in [-0.05, 0) is 85.8 Å². The first-order valence-corrected chi connectivity index (χ1v) is 18.2. The number of benzene rings is 7. The summed E-state index contributed by atoms with van der Waals surface area (Å²) in [5.41, 5.74) is 13.7. The predicted octanol–water partition coefficient (Wildman–Crippen LogP) is 13.5. The van der Waals surface area contributed by atoms with Crippen molar-refractivity contribution >= 4 is 47.9 Å². The lowest BCUT2D eigenvalue weighted by Crippen LogP contribution is -2.24. The molecule has 0 aliphatic heterocycles. The normalized spacial score (nSPS) is 17.1. The molecule has 0 nitrogen and oxygen atoms in total. The zero-order chi connectivity index (χ0) is 32.3. The molecule has 0 fully saturated rings. The van der Waals surface area contributed by atoms with Crippen molar-refractivity contribution in [2.45, 2.75) is 18.8 Å². The van der Waals surface area contributed by atoms with E-state index in [2.05, 4.69) is 170 Å². The standard InChI is InChI=1S/C48H34S/c1-2-14-31(15-3-1)46-39-21-6-8-23-41(39)47(42-24-9-7-22-40(42)46)43-29-28-34(36-18-4-5-19-37(36)43)32-16-12-17-33(30-32)35-25-13-26-44-38-20-10-11-27-45(38)49-48(35)44/h1-6,8-21,23-30,42,47H,7,22H2. The van der Waals surface area contributed by atoms with Crippen LogP contribution in [-0.4, -0.2) is 0 Å². The summed E-state index contributed by atoms with van der Waals surface area (Å²) in [7, 11) is 0. The van der Waals surface area contributed by atoms with Crippen LogP contribution >= 0.6 is 11.3 Å². The molecule has 49 heavy (non-hydrogen) atoms. The Kier molecular flexibility index (Phi) is 6.74. The molecule has 2 atom stereocenters. The lowest BCUT2D eigenvalue weighted by atomic mass is 9.64. The maximum absolute atomic E-state index is 2.50. The molecular formula is C48H34S. The van der Waals surface area contributed by atoms with Crippen molar-refractivity contribution in [1.29, 1.82) is 0 Å². The molecule has 0 saturated carbocycles. The van der Waals surface area contributed by atoms with Gasteiger partial charge in [0.25, 0.3) is 0 Å². The number of hydrogen-bond acceptors (Lipinski definition) is 1. The first-order chi connectivity index (χ1) is 24.3. The van der Waals surface area contributed by atoms with Crippen LogP contribution < -0.4 is 0 Å². The number of allylic oxidation sites excluding steroid dienone is 3. The number of thiophene rings is 1. The van der Waals surface area contributed by atoms with Crippen LogP contribution in [0.5, 0.6) is 0 Å². The Hall–Kier alpha value is -5.50. The minimum atomic E-state index is 0.256. The summed E-state index contributed by atoms with van der Waals surface area (Å²) in [5, 5.41) is 5.34.